The second-order valence-electron chi connectivity index (χ2n) is 4.17. The molecule has 114 valence electrons. The van der Waals surface area contributed by atoms with Gasteiger partial charge in [-0.15, -0.1) is 0 Å². The Labute approximate surface area is 152 Å². The van der Waals surface area contributed by atoms with E-state index in [4.69, 9.17) is 23.2 Å². The zero-order valence-electron chi connectivity index (χ0n) is 10.7. The summed E-state index contributed by atoms with van der Waals surface area (Å²) in [6.45, 7) is 0. The van der Waals surface area contributed by atoms with E-state index >= 15 is 0 Å². The highest BCUT2D eigenvalue weighted by Gasteiger charge is 2.18. The summed E-state index contributed by atoms with van der Waals surface area (Å²) in [7, 11) is 0. The molecule has 0 unspecified atom stereocenters. The van der Waals surface area contributed by atoms with Gasteiger partial charge in [0.05, 0.1) is 25.8 Å². The summed E-state index contributed by atoms with van der Waals surface area (Å²) in [6.07, 6.45) is 0. The van der Waals surface area contributed by atoms with Crippen molar-refractivity contribution in [2.45, 2.75) is 0 Å². The highest BCUT2D eigenvalue weighted by atomic mass is 79.9. The van der Waals surface area contributed by atoms with E-state index in [2.05, 4.69) is 37.2 Å². The van der Waals surface area contributed by atoms with Gasteiger partial charge >= 0.3 is 5.97 Å². The van der Waals surface area contributed by atoms with Crippen molar-refractivity contribution in [1.82, 2.24) is 0 Å². The first-order valence-electron chi connectivity index (χ1n) is 5.79. The number of carbonyl (C=O) groups excluding carboxylic acids is 1. The number of carboxylic acids is 1. The van der Waals surface area contributed by atoms with Crippen LogP contribution in [-0.4, -0.2) is 17.0 Å². The molecule has 0 heterocycles. The number of hydrogen-bond donors (Lipinski definition) is 2. The van der Waals surface area contributed by atoms with E-state index in [9.17, 15) is 14.7 Å². The van der Waals surface area contributed by atoms with E-state index < -0.39 is 11.9 Å². The fourth-order valence-corrected chi connectivity index (χ4v) is 2.75. The lowest BCUT2D eigenvalue weighted by Gasteiger charge is -2.12. The largest absolute Gasteiger partial charge is 0.478 e. The lowest BCUT2D eigenvalue weighted by Crippen LogP contribution is -2.15. The van der Waals surface area contributed by atoms with Gasteiger partial charge in [-0.25, -0.2) is 4.79 Å². The average Bonchev–Trinajstić information content (AvgIpc) is 2.46. The molecule has 0 aliphatic rings. The summed E-state index contributed by atoms with van der Waals surface area (Å²) in [4.78, 5) is 23.6. The summed E-state index contributed by atoms with van der Waals surface area (Å²) in [6, 6.07) is 7.36. The molecule has 0 saturated carbocycles. The third-order valence-corrected chi connectivity index (χ3v) is 5.50. The van der Waals surface area contributed by atoms with Gasteiger partial charge in [-0.05, 0) is 62.2 Å². The third-order valence-electron chi connectivity index (χ3n) is 2.75. The van der Waals surface area contributed by atoms with Crippen LogP contribution >= 0.6 is 55.1 Å². The number of anilines is 1. The standard InChI is InChI=1S/C14H7Br2Cl2NO3/c15-8-3-2-7(14(21)22)12(11(8)16)19-13(20)6-1-4-9(17)10(18)5-6/h1-5H,(H,19,20)(H,21,22). The van der Waals surface area contributed by atoms with E-state index in [0.29, 0.717) is 14.0 Å². The molecule has 0 bridgehead atoms. The fraction of sp³-hybridized carbons (Fsp3) is 0. The van der Waals surface area contributed by atoms with Crippen LogP contribution in [0, 0.1) is 0 Å². The Hall–Kier alpha value is -1.08. The van der Waals surface area contributed by atoms with Gasteiger partial charge in [-0.2, -0.15) is 0 Å². The van der Waals surface area contributed by atoms with Gasteiger partial charge in [-0.3, -0.25) is 4.79 Å². The predicted molar refractivity (Wildman–Crippen MR) is 93.2 cm³/mol. The van der Waals surface area contributed by atoms with Crippen molar-refractivity contribution in [2.24, 2.45) is 0 Å². The summed E-state index contributed by atoms with van der Waals surface area (Å²) < 4.78 is 1.04. The van der Waals surface area contributed by atoms with Gasteiger partial charge in [0, 0.05) is 10.0 Å². The van der Waals surface area contributed by atoms with Crippen molar-refractivity contribution >= 4 is 72.6 Å². The molecule has 0 radical (unpaired) electrons. The molecule has 1 amide bonds. The molecule has 0 aliphatic heterocycles. The SMILES string of the molecule is O=C(Nc1c(C(=O)O)ccc(Br)c1Br)c1ccc(Cl)c(Cl)c1. The van der Waals surface area contributed by atoms with E-state index in [-0.39, 0.29) is 21.8 Å². The number of aromatic carboxylic acids is 1. The first-order valence-corrected chi connectivity index (χ1v) is 8.13. The highest BCUT2D eigenvalue weighted by Crippen LogP contribution is 2.34. The molecule has 0 aromatic heterocycles. The summed E-state index contributed by atoms with van der Waals surface area (Å²) in [5.41, 5.74) is 0.374. The molecule has 2 aromatic carbocycles. The van der Waals surface area contributed by atoms with Crippen LogP contribution in [-0.2, 0) is 0 Å². The van der Waals surface area contributed by atoms with E-state index in [0.717, 1.165) is 0 Å². The first kappa shape index (κ1) is 17.3. The zero-order valence-corrected chi connectivity index (χ0v) is 15.3. The molecule has 0 aliphatic carbocycles. The molecule has 2 aromatic rings. The topological polar surface area (TPSA) is 66.4 Å². The van der Waals surface area contributed by atoms with Crippen LogP contribution in [0.5, 0.6) is 0 Å². The maximum Gasteiger partial charge on any atom is 0.337 e. The Morgan fingerprint density at radius 2 is 1.73 bits per heavy atom. The van der Waals surface area contributed by atoms with Crippen molar-refractivity contribution in [1.29, 1.82) is 0 Å². The van der Waals surface area contributed by atoms with Crippen molar-refractivity contribution in [2.75, 3.05) is 5.32 Å². The molecular weight excluding hydrogens is 461 g/mol. The van der Waals surface area contributed by atoms with Gasteiger partial charge in [-0.1, -0.05) is 23.2 Å². The van der Waals surface area contributed by atoms with Crippen molar-refractivity contribution in [3.63, 3.8) is 0 Å². The van der Waals surface area contributed by atoms with Crippen molar-refractivity contribution < 1.29 is 14.7 Å². The molecule has 2 N–H and O–H groups in total. The smallest absolute Gasteiger partial charge is 0.337 e. The maximum atomic E-state index is 12.3. The molecule has 8 heteroatoms. The van der Waals surface area contributed by atoms with Gasteiger partial charge in [0.25, 0.3) is 5.91 Å². The minimum atomic E-state index is -1.15. The number of benzene rings is 2. The van der Waals surface area contributed by atoms with Crippen LogP contribution in [0.3, 0.4) is 0 Å². The minimum absolute atomic E-state index is 0.0384. The molecule has 0 saturated heterocycles. The van der Waals surface area contributed by atoms with E-state index in [1.54, 1.807) is 6.07 Å². The molecule has 4 nitrogen and oxygen atoms in total. The number of carboxylic acid groups (broad SMARTS) is 1. The molecule has 0 spiro atoms. The number of rotatable bonds is 3. The number of amides is 1. The average molecular weight is 468 g/mol. The molecular formula is C14H7Br2Cl2NO3. The summed E-state index contributed by atoms with van der Waals surface area (Å²) >= 11 is 18.2. The fourth-order valence-electron chi connectivity index (χ4n) is 1.67. The minimum Gasteiger partial charge on any atom is -0.478 e. The molecule has 22 heavy (non-hydrogen) atoms. The Morgan fingerprint density at radius 1 is 1.05 bits per heavy atom. The number of nitrogens with one attached hydrogen (secondary N) is 1. The highest BCUT2D eigenvalue weighted by molar-refractivity contribution is 9.13. The zero-order chi connectivity index (χ0) is 16.4. The quantitative estimate of drug-likeness (QED) is 0.629. The number of hydrogen-bond acceptors (Lipinski definition) is 2. The summed E-state index contributed by atoms with van der Waals surface area (Å²) in [5, 5.41) is 12.3. The monoisotopic (exact) mass is 465 g/mol. The second-order valence-corrected chi connectivity index (χ2v) is 6.63. The Morgan fingerprint density at radius 3 is 2.32 bits per heavy atom. The lowest BCUT2D eigenvalue weighted by atomic mass is 10.1. The third kappa shape index (κ3) is 3.63. The van der Waals surface area contributed by atoms with Gasteiger partial charge < -0.3 is 10.4 Å². The van der Waals surface area contributed by atoms with Crippen molar-refractivity contribution in [3.8, 4) is 0 Å². The molecule has 0 atom stereocenters. The van der Waals surface area contributed by atoms with Crippen LogP contribution in [0.4, 0.5) is 5.69 Å². The van der Waals surface area contributed by atoms with Crippen LogP contribution < -0.4 is 5.32 Å². The van der Waals surface area contributed by atoms with Gasteiger partial charge in [0.1, 0.15) is 0 Å². The Balaban J connectivity index is 2.41. The normalized spacial score (nSPS) is 10.4. The van der Waals surface area contributed by atoms with Crippen LogP contribution in [0.25, 0.3) is 0 Å². The Bertz CT molecular complexity index is 781. The lowest BCUT2D eigenvalue weighted by molar-refractivity contribution is 0.0698. The van der Waals surface area contributed by atoms with Gasteiger partial charge in [0.2, 0.25) is 0 Å². The van der Waals surface area contributed by atoms with Crippen LogP contribution in [0.15, 0.2) is 39.3 Å². The van der Waals surface area contributed by atoms with Crippen molar-refractivity contribution in [3.05, 3.63) is 60.4 Å². The molecule has 2 rings (SSSR count). The summed E-state index contributed by atoms with van der Waals surface area (Å²) in [5.74, 6) is -1.66. The Kier molecular flexibility index (Phi) is 5.50. The number of carbonyl (C=O) groups is 2. The molecule has 0 fully saturated rings. The second kappa shape index (κ2) is 7.00. The number of halogens is 4. The maximum absolute atomic E-state index is 12.3. The van der Waals surface area contributed by atoms with Crippen LogP contribution in [0.2, 0.25) is 10.0 Å². The van der Waals surface area contributed by atoms with E-state index in [1.807, 2.05) is 0 Å². The predicted octanol–water partition coefficient (Wildman–Crippen LogP) is 5.47. The first-order chi connectivity index (χ1) is 10.3. The van der Waals surface area contributed by atoms with E-state index in [1.165, 1.54) is 24.3 Å². The van der Waals surface area contributed by atoms with Gasteiger partial charge in [0.15, 0.2) is 0 Å². The van der Waals surface area contributed by atoms with Crippen LogP contribution in [0.1, 0.15) is 20.7 Å².